The van der Waals surface area contributed by atoms with E-state index in [1.807, 2.05) is 0 Å². The van der Waals surface area contributed by atoms with Crippen molar-refractivity contribution in [1.29, 1.82) is 0 Å². The van der Waals surface area contributed by atoms with Crippen LogP contribution < -0.4 is 0 Å². The van der Waals surface area contributed by atoms with Crippen molar-refractivity contribution in [2.24, 2.45) is 0 Å². The minimum atomic E-state index is -2.29. The first kappa shape index (κ1) is 34.6. The van der Waals surface area contributed by atoms with E-state index in [0.717, 1.165) is 0 Å². The fraction of sp³-hybridized carbons (Fsp3) is 0.857. The van der Waals surface area contributed by atoms with Crippen LogP contribution in [0.1, 0.15) is 0 Å². The van der Waals surface area contributed by atoms with E-state index in [1.165, 1.54) is 0 Å². The first-order valence-electron chi connectivity index (χ1n) is 8.13. The number of carboxylic acids is 2. The summed E-state index contributed by atoms with van der Waals surface area (Å²) in [6, 6.07) is 0. The van der Waals surface area contributed by atoms with Gasteiger partial charge < -0.3 is 71.5 Å². The molecule has 0 aromatic rings. The van der Waals surface area contributed by atoms with Crippen LogP contribution in [0.5, 0.6) is 0 Å². The normalized spacial score (nSPS) is 20.8. The second kappa shape index (κ2) is 16.6. The van der Waals surface area contributed by atoms with Crippen LogP contribution in [0.3, 0.4) is 0 Å². The topological polar surface area (TPSA) is 317 Å². The van der Waals surface area contributed by atoms with Gasteiger partial charge in [-0.1, -0.05) is 0 Å². The Hall–Kier alpha value is -1.02. The Labute approximate surface area is 185 Å². The smallest absolute Gasteiger partial charge is 0.335 e. The fourth-order valence-electron chi connectivity index (χ4n) is 1.74. The molecule has 0 saturated carbocycles. The van der Waals surface area contributed by atoms with Crippen LogP contribution in [0.15, 0.2) is 0 Å². The SMILES string of the molecule is O=C(O)C(O)C(O)C(O)C(O)C(O)CO.O=C(O)C(O)C(O)C(O)C(O)C(O)CO.[Fe]. The molecular weight excluding hydrogens is 480 g/mol. The van der Waals surface area contributed by atoms with E-state index in [2.05, 4.69) is 0 Å². The molecule has 0 heterocycles. The molecule has 31 heavy (non-hydrogen) atoms. The predicted molar refractivity (Wildman–Crippen MR) is 89.5 cm³/mol. The van der Waals surface area contributed by atoms with E-state index < -0.39 is 86.2 Å². The van der Waals surface area contributed by atoms with Gasteiger partial charge in [-0.05, 0) is 0 Å². The third kappa shape index (κ3) is 11.4. The summed E-state index contributed by atoms with van der Waals surface area (Å²) in [5.41, 5.74) is 0. The molecule has 10 unspecified atom stereocenters. The van der Waals surface area contributed by atoms with Crippen LogP contribution in [-0.2, 0) is 26.7 Å². The Balaban J connectivity index is -0.000000490. The number of hydrogen-bond donors (Lipinski definition) is 14. The summed E-state index contributed by atoms with van der Waals surface area (Å²) >= 11 is 0. The van der Waals surface area contributed by atoms with Gasteiger partial charge in [-0.3, -0.25) is 0 Å². The number of hydrogen-bond acceptors (Lipinski definition) is 14. The monoisotopic (exact) mass is 508 g/mol. The summed E-state index contributed by atoms with van der Waals surface area (Å²) in [5, 5.41) is 123. The zero-order chi connectivity index (χ0) is 24.3. The first-order valence-corrected chi connectivity index (χ1v) is 8.13. The number of rotatable bonds is 12. The van der Waals surface area contributed by atoms with Gasteiger partial charge in [-0.15, -0.1) is 0 Å². The molecule has 16 nitrogen and oxygen atoms in total. The van der Waals surface area contributed by atoms with E-state index >= 15 is 0 Å². The molecule has 0 amide bonds. The number of carbonyl (C=O) groups is 2. The maximum Gasteiger partial charge on any atom is 0.335 e. The second-order valence-electron chi connectivity index (χ2n) is 6.01. The molecule has 0 aromatic heterocycles. The van der Waals surface area contributed by atoms with Crippen molar-refractivity contribution in [2.75, 3.05) is 13.2 Å². The van der Waals surface area contributed by atoms with Crippen LogP contribution in [0.4, 0.5) is 0 Å². The van der Waals surface area contributed by atoms with Gasteiger partial charge in [0.25, 0.3) is 0 Å². The molecule has 10 atom stereocenters. The van der Waals surface area contributed by atoms with Gasteiger partial charge in [-0.25, -0.2) is 9.59 Å². The molecule has 0 fully saturated rings. The average Bonchev–Trinajstić information content (AvgIpc) is 2.73. The van der Waals surface area contributed by atoms with Crippen LogP contribution in [-0.4, -0.2) is 158 Å². The summed E-state index contributed by atoms with van der Waals surface area (Å²) in [6.07, 6.45) is -20.5. The van der Waals surface area contributed by atoms with Crippen molar-refractivity contribution in [1.82, 2.24) is 0 Å². The average molecular weight is 508 g/mol. The largest absolute Gasteiger partial charge is 0.479 e. The molecule has 0 aliphatic heterocycles. The van der Waals surface area contributed by atoms with E-state index in [0.29, 0.717) is 0 Å². The van der Waals surface area contributed by atoms with E-state index in [-0.39, 0.29) is 17.1 Å². The second-order valence-corrected chi connectivity index (χ2v) is 6.01. The van der Waals surface area contributed by atoms with Crippen LogP contribution in [0.25, 0.3) is 0 Å². The Morgan fingerprint density at radius 1 is 0.484 bits per heavy atom. The van der Waals surface area contributed by atoms with Gasteiger partial charge in [0.15, 0.2) is 12.2 Å². The minimum absolute atomic E-state index is 0. The fourth-order valence-corrected chi connectivity index (χ4v) is 1.74. The number of aliphatic hydroxyl groups is 12. The molecule has 0 aromatic carbocycles. The van der Waals surface area contributed by atoms with Crippen molar-refractivity contribution < 1.29 is 98.1 Å². The molecule has 17 heteroatoms. The van der Waals surface area contributed by atoms with E-state index in [9.17, 15) is 9.59 Å². The molecule has 0 radical (unpaired) electrons. The summed E-state index contributed by atoms with van der Waals surface area (Å²) in [5.74, 6) is -3.57. The van der Waals surface area contributed by atoms with Gasteiger partial charge in [0, 0.05) is 17.1 Å². The molecule has 0 aliphatic rings. The predicted octanol–water partition coefficient (Wildman–Crippen LogP) is -8.27. The minimum Gasteiger partial charge on any atom is -0.479 e. The Bertz CT molecular complexity index is 465. The van der Waals surface area contributed by atoms with Gasteiger partial charge in [-0.2, -0.15) is 0 Å². The molecule has 0 bridgehead atoms. The quantitative estimate of drug-likeness (QED) is 0.109. The number of aliphatic carboxylic acids is 2. The standard InChI is InChI=1S/2C7H14O8.Fe/c2*8-1-2(9)3(10)4(11)5(12)6(13)7(14)15;/h2*2-6,8-13H,1H2,(H,14,15);. The van der Waals surface area contributed by atoms with Gasteiger partial charge in [0.1, 0.15) is 48.8 Å². The molecule has 0 aliphatic carbocycles. The van der Waals surface area contributed by atoms with Gasteiger partial charge >= 0.3 is 11.9 Å². The van der Waals surface area contributed by atoms with Crippen molar-refractivity contribution >= 4 is 11.9 Å². The van der Waals surface area contributed by atoms with E-state index in [4.69, 9.17) is 71.5 Å². The van der Waals surface area contributed by atoms with Gasteiger partial charge in [0.2, 0.25) is 0 Å². The van der Waals surface area contributed by atoms with Crippen molar-refractivity contribution in [3.8, 4) is 0 Å². The summed E-state index contributed by atoms with van der Waals surface area (Å²) in [4.78, 5) is 20.4. The zero-order valence-electron chi connectivity index (χ0n) is 15.6. The van der Waals surface area contributed by atoms with Crippen molar-refractivity contribution in [3.63, 3.8) is 0 Å². The Morgan fingerprint density at radius 2 is 0.710 bits per heavy atom. The molecule has 0 spiro atoms. The molecule has 0 rings (SSSR count). The summed E-state index contributed by atoms with van der Waals surface area (Å²) in [7, 11) is 0. The number of carboxylic acid groups (broad SMARTS) is 2. The van der Waals surface area contributed by atoms with Crippen molar-refractivity contribution in [2.45, 2.75) is 61.0 Å². The molecule has 0 saturated heterocycles. The van der Waals surface area contributed by atoms with Gasteiger partial charge in [0.05, 0.1) is 13.2 Å². The molecule has 14 N–H and O–H groups in total. The zero-order valence-corrected chi connectivity index (χ0v) is 16.7. The molecule has 188 valence electrons. The summed E-state index contributed by atoms with van der Waals surface area (Å²) in [6.45, 7) is -1.76. The maximum absolute atomic E-state index is 10.2. The Kier molecular flexibility index (Phi) is 18.5. The third-order valence-corrected chi connectivity index (χ3v) is 3.72. The summed E-state index contributed by atoms with van der Waals surface area (Å²) < 4.78 is 0. The van der Waals surface area contributed by atoms with Crippen LogP contribution in [0.2, 0.25) is 0 Å². The van der Waals surface area contributed by atoms with Crippen LogP contribution in [0, 0.1) is 0 Å². The number of aliphatic hydroxyl groups excluding tert-OH is 12. The maximum atomic E-state index is 10.2. The van der Waals surface area contributed by atoms with E-state index in [1.54, 1.807) is 0 Å². The first-order chi connectivity index (χ1) is 13.6. The Morgan fingerprint density at radius 3 is 0.871 bits per heavy atom. The molecular formula is C14H28FeO16. The third-order valence-electron chi connectivity index (χ3n) is 3.72. The van der Waals surface area contributed by atoms with Crippen molar-refractivity contribution in [3.05, 3.63) is 0 Å². The van der Waals surface area contributed by atoms with Crippen LogP contribution >= 0.6 is 0 Å².